The molecule has 1 unspecified atom stereocenters. The average molecular weight is 242 g/mol. The second-order valence-corrected chi connectivity index (χ2v) is 6.69. The summed E-state index contributed by atoms with van der Waals surface area (Å²) < 4.78 is 0.640. The first kappa shape index (κ1) is 12.7. The highest BCUT2D eigenvalue weighted by Crippen LogP contribution is 2.47. The maximum atomic E-state index is 3.69. The van der Waals surface area contributed by atoms with Crippen LogP contribution in [-0.4, -0.2) is 48.1 Å². The first-order valence-electron chi connectivity index (χ1n) is 6.79. The van der Waals surface area contributed by atoms with Crippen LogP contribution in [0.15, 0.2) is 0 Å². The number of rotatable bonds is 5. The van der Waals surface area contributed by atoms with Crippen LogP contribution in [0.25, 0.3) is 0 Å². The highest BCUT2D eigenvalue weighted by atomic mass is 32.2. The maximum Gasteiger partial charge on any atom is 0.0285 e. The van der Waals surface area contributed by atoms with Crippen LogP contribution < -0.4 is 5.32 Å². The minimum absolute atomic E-state index is 0.640. The highest BCUT2D eigenvalue weighted by molar-refractivity contribution is 8.00. The largest absolute Gasteiger partial charge is 0.313 e. The lowest BCUT2D eigenvalue weighted by molar-refractivity contribution is 0.260. The molecule has 3 heteroatoms. The molecule has 0 spiro atoms. The quantitative estimate of drug-likeness (QED) is 0.797. The molecule has 2 fully saturated rings. The van der Waals surface area contributed by atoms with Crippen LogP contribution in [0.3, 0.4) is 0 Å². The lowest BCUT2D eigenvalue weighted by Gasteiger charge is -2.27. The van der Waals surface area contributed by atoms with Crippen molar-refractivity contribution >= 4 is 11.8 Å². The number of thioether (sulfide) groups is 1. The Bertz CT molecular complexity index is 216. The summed E-state index contributed by atoms with van der Waals surface area (Å²) in [5.74, 6) is 0. The van der Waals surface area contributed by atoms with Crippen molar-refractivity contribution in [3.63, 3.8) is 0 Å². The average Bonchev–Trinajstić information content (AvgIpc) is 3.06. The van der Waals surface area contributed by atoms with Gasteiger partial charge in [-0.05, 0) is 45.0 Å². The lowest BCUT2D eigenvalue weighted by atomic mass is 10.1. The fourth-order valence-electron chi connectivity index (χ4n) is 2.74. The van der Waals surface area contributed by atoms with Crippen LogP contribution >= 0.6 is 11.8 Å². The zero-order chi connectivity index (χ0) is 11.4. The number of hydrogen-bond donors (Lipinski definition) is 1. The third-order valence-corrected chi connectivity index (χ3v) is 5.36. The van der Waals surface area contributed by atoms with Gasteiger partial charge in [-0.3, -0.25) is 0 Å². The fourth-order valence-corrected chi connectivity index (χ4v) is 3.56. The van der Waals surface area contributed by atoms with Gasteiger partial charge in [-0.25, -0.2) is 0 Å². The van der Waals surface area contributed by atoms with Crippen LogP contribution in [0.2, 0.25) is 0 Å². The van der Waals surface area contributed by atoms with E-state index in [1.165, 1.54) is 58.3 Å². The second kappa shape index (κ2) is 5.74. The third kappa shape index (κ3) is 3.38. The van der Waals surface area contributed by atoms with E-state index in [9.17, 15) is 0 Å². The molecule has 1 saturated heterocycles. The van der Waals surface area contributed by atoms with E-state index in [1.807, 2.05) is 0 Å². The molecule has 1 atom stereocenters. The number of hydrogen-bond acceptors (Lipinski definition) is 3. The molecule has 0 aromatic rings. The molecule has 0 radical (unpaired) electrons. The molecule has 0 bridgehead atoms. The second-order valence-electron chi connectivity index (χ2n) is 5.42. The van der Waals surface area contributed by atoms with Gasteiger partial charge < -0.3 is 10.2 Å². The molecule has 2 nitrogen and oxygen atoms in total. The van der Waals surface area contributed by atoms with E-state index in [0.29, 0.717) is 4.75 Å². The molecule has 1 aliphatic carbocycles. The Morgan fingerprint density at radius 2 is 2.25 bits per heavy atom. The molecule has 1 heterocycles. The summed E-state index contributed by atoms with van der Waals surface area (Å²) in [4.78, 5) is 2.71. The first-order valence-corrected chi connectivity index (χ1v) is 8.01. The van der Waals surface area contributed by atoms with Gasteiger partial charge in [0, 0.05) is 23.9 Å². The summed E-state index contributed by atoms with van der Waals surface area (Å²) >= 11 is 2.09. The van der Waals surface area contributed by atoms with E-state index < -0.39 is 0 Å². The van der Waals surface area contributed by atoms with Crippen molar-refractivity contribution in [2.75, 3.05) is 32.4 Å². The molecule has 2 rings (SSSR count). The summed E-state index contributed by atoms with van der Waals surface area (Å²) in [6, 6.07) is 0.741. The Kier molecular flexibility index (Phi) is 4.57. The molecule has 94 valence electrons. The molecule has 1 N–H and O–H groups in total. The molecule has 0 aromatic heterocycles. The molecule has 16 heavy (non-hydrogen) atoms. The molecule has 2 aliphatic rings. The summed E-state index contributed by atoms with van der Waals surface area (Å²) in [5.41, 5.74) is 0. The summed E-state index contributed by atoms with van der Waals surface area (Å²) in [6.45, 7) is 7.41. The van der Waals surface area contributed by atoms with Crippen LogP contribution in [0.5, 0.6) is 0 Å². The minimum atomic E-state index is 0.640. The van der Waals surface area contributed by atoms with Crippen LogP contribution in [-0.2, 0) is 0 Å². The van der Waals surface area contributed by atoms with Crippen molar-refractivity contribution in [1.82, 2.24) is 10.2 Å². The van der Waals surface area contributed by atoms with Crippen molar-refractivity contribution < 1.29 is 0 Å². The molecule has 0 amide bonds. The smallest absolute Gasteiger partial charge is 0.0285 e. The van der Waals surface area contributed by atoms with Crippen LogP contribution in [0, 0.1) is 0 Å². The number of nitrogens with one attached hydrogen (secondary N) is 1. The Balaban J connectivity index is 1.83. The van der Waals surface area contributed by atoms with E-state index in [4.69, 9.17) is 0 Å². The van der Waals surface area contributed by atoms with Gasteiger partial charge >= 0.3 is 0 Å². The Labute approximate surface area is 105 Å². The van der Waals surface area contributed by atoms with Gasteiger partial charge in [-0.1, -0.05) is 13.3 Å². The van der Waals surface area contributed by atoms with Gasteiger partial charge in [0.1, 0.15) is 0 Å². The Morgan fingerprint density at radius 1 is 1.44 bits per heavy atom. The zero-order valence-corrected chi connectivity index (χ0v) is 11.6. The summed E-state index contributed by atoms with van der Waals surface area (Å²) in [7, 11) is 0. The van der Waals surface area contributed by atoms with Gasteiger partial charge in [0.25, 0.3) is 0 Å². The topological polar surface area (TPSA) is 15.3 Å². The third-order valence-electron chi connectivity index (χ3n) is 3.95. The number of nitrogens with zero attached hydrogens (tertiary/aromatic N) is 1. The van der Waals surface area contributed by atoms with Crippen LogP contribution in [0.1, 0.15) is 39.0 Å². The van der Waals surface area contributed by atoms with Crippen molar-refractivity contribution in [3.8, 4) is 0 Å². The van der Waals surface area contributed by atoms with Gasteiger partial charge in [-0.15, -0.1) is 0 Å². The Hall–Kier alpha value is 0.270. The molecular formula is C13H26N2S. The van der Waals surface area contributed by atoms with Crippen LogP contribution in [0.4, 0.5) is 0 Å². The minimum Gasteiger partial charge on any atom is -0.313 e. The van der Waals surface area contributed by atoms with Gasteiger partial charge in [0.05, 0.1) is 0 Å². The van der Waals surface area contributed by atoms with Gasteiger partial charge in [0.15, 0.2) is 0 Å². The van der Waals surface area contributed by atoms with Crippen molar-refractivity contribution in [3.05, 3.63) is 0 Å². The zero-order valence-electron chi connectivity index (χ0n) is 10.8. The monoisotopic (exact) mass is 242 g/mol. The predicted octanol–water partition coefficient (Wildman–Crippen LogP) is 2.35. The Morgan fingerprint density at radius 3 is 2.88 bits per heavy atom. The van der Waals surface area contributed by atoms with Crippen molar-refractivity contribution in [2.24, 2.45) is 0 Å². The first-order chi connectivity index (χ1) is 7.78. The van der Waals surface area contributed by atoms with E-state index in [-0.39, 0.29) is 0 Å². The molecule has 1 aliphatic heterocycles. The molecule has 1 saturated carbocycles. The molecular weight excluding hydrogens is 216 g/mol. The maximum absolute atomic E-state index is 3.69. The van der Waals surface area contributed by atoms with Gasteiger partial charge in [-0.2, -0.15) is 11.8 Å². The SMILES string of the molecule is CCCC1CN(CC2(SC)CC2)CCCN1. The van der Waals surface area contributed by atoms with Gasteiger partial charge in [0.2, 0.25) is 0 Å². The summed E-state index contributed by atoms with van der Waals surface area (Å²) in [5, 5.41) is 3.69. The standard InChI is InChI=1S/C13H26N2S/c1-3-5-12-10-15(9-4-8-14-12)11-13(16-2)6-7-13/h12,14H,3-11H2,1-2H3. The lowest BCUT2D eigenvalue weighted by Crippen LogP contribution is -2.40. The van der Waals surface area contributed by atoms with Crippen molar-refractivity contribution in [2.45, 2.75) is 49.8 Å². The normalized spacial score (nSPS) is 30.0. The van der Waals surface area contributed by atoms with E-state index in [0.717, 1.165) is 6.04 Å². The van der Waals surface area contributed by atoms with Crippen molar-refractivity contribution in [1.29, 1.82) is 0 Å². The highest BCUT2D eigenvalue weighted by Gasteiger charge is 2.43. The summed E-state index contributed by atoms with van der Waals surface area (Å²) in [6.07, 6.45) is 9.13. The van der Waals surface area contributed by atoms with E-state index in [2.05, 4.69) is 35.2 Å². The molecule has 0 aromatic carbocycles. The van der Waals surface area contributed by atoms with E-state index in [1.54, 1.807) is 0 Å². The fraction of sp³-hybridized carbons (Fsp3) is 1.00. The predicted molar refractivity (Wildman–Crippen MR) is 73.2 cm³/mol. The van der Waals surface area contributed by atoms with E-state index >= 15 is 0 Å².